The van der Waals surface area contributed by atoms with Gasteiger partial charge in [0.2, 0.25) is 0 Å². The third-order valence-corrected chi connectivity index (χ3v) is 3.09. The lowest BCUT2D eigenvalue weighted by Crippen LogP contribution is -2.24. The normalized spacial score (nSPS) is 11.2. The van der Waals surface area contributed by atoms with Crippen LogP contribution in [0, 0.1) is 5.41 Å². The Bertz CT molecular complexity index is 409. The van der Waals surface area contributed by atoms with Crippen molar-refractivity contribution in [2.24, 2.45) is 5.41 Å². The van der Waals surface area contributed by atoms with Gasteiger partial charge in [0.15, 0.2) is 0 Å². The average Bonchev–Trinajstić information content (AvgIpc) is 2.42. The number of rotatable bonds is 9. The van der Waals surface area contributed by atoms with E-state index in [1.165, 1.54) is 0 Å². The molecule has 0 heterocycles. The highest BCUT2D eigenvalue weighted by Gasteiger charge is 2.26. The molecule has 0 aliphatic heterocycles. The molecule has 0 amide bonds. The average molecular weight is 280 g/mol. The molecule has 20 heavy (non-hydrogen) atoms. The van der Waals surface area contributed by atoms with Gasteiger partial charge in [-0.25, -0.2) is 0 Å². The van der Waals surface area contributed by atoms with Gasteiger partial charge < -0.3 is 14.6 Å². The lowest BCUT2D eigenvalue weighted by atomic mass is 9.88. The molecule has 4 nitrogen and oxygen atoms in total. The first-order valence-electron chi connectivity index (χ1n) is 7.05. The smallest absolute Gasteiger partial charge is 0.309 e. The number of benzene rings is 1. The number of carboxylic acid groups (broad SMARTS) is 1. The number of aliphatic carboxylic acids is 1. The molecule has 0 spiro atoms. The molecule has 0 unspecified atom stereocenters. The summed E-state index contributed by atoms with van der Waals surface area (Å²) in [6.07, 6.45) is 2.30. The Labute approximate surface area is 120 Å². The molecular formula is C16H24O4. The largest absolute Gasteiger partial charge is 0.494 e. The maximum absolute atomic E-state index is 11.0. The van der Waals surface area contributed by atoms with Gasteiger partial charge in [-0.1, -0.05) is 6.92 Å². The van der Waals surface area contributed by atoms with Crippen molar-refractivity contribution in [3.05, 3.63) is 24.3 Å². The van der Waals surface area contributed by atoms with Crippen molar-refractivity contribution in [3.63, 3.8) is 0 Å². The molecule has 0 aliphatic rings. The van der Waals surface area contributed by atoms with Crippen LogP contribution in [0.2, 0.25) is 0 Å². The second-order valence-electron chi connectivity index (χ2n) is 5.46. The van der Waals surface area contributed by atoms with E-state index in [2.05, 4.69) is 6.92 Å². The predicted molar refractivity (Wildman–Crippen MR) is 78.4 cm³/mol. The van der Waals surface area contributed by atoms with E-state index in [1.54, 1.807) is 13.8 Å². The van der Waals surface area contributed by atoms with E-state index >= 15 is 0 Å². The fourth-order valence-electron chi connectivity index (χ4n) is 1.66. The van der Waals surface area contributed by atoms with Crippen molar-refractivity contribution < 1.29 is 19.4 Å². The summed E-state index contributed by atoms with van der Waals surface area (Å²) in [7, 11) is 0. The summed E-state index contributed by atoms with van der Waals surface area (Å²) in [5.74, 6) is 0.850. The standard InChI is InChI=1S/C16H24O4/c1-4-11-19-13-6-8-14(9-7-13)20-12-5-10-16(2,3)15(17)18/h6-9H,4-5,10-12H2,1-3H3,(H,17,18). The number of hydrogen-bond acceptors (Lipinski definition) is 3. The van der Waals surface area contributed by atoms with E-state index in [9.17, 15) is 4.79 Å². The molecular weight excluding hydrogens is 256 g/mol. The maximum atomic E-state index is 11.0. The lowest BCUT2D eigenvalue weighted by Gasteiger charge is -2.18. The van der Waals surface area contributed by atoms with Crippen LogP contribution < -0.4 is 9.47 Å². The fraction of sp³-hybridized carbons (Fsp3) is 0.562. The van der Waals surface area contributed by atoms with E-state index < -0.39 is 11.4 Å². The van der Waals surface area contributed by atoms with Gasteiger partial charge in [-0.15, -0.1) is 0 Å². The van der Waals surface area contributed by atoms with Crippen LogP contribution in [0.25, 0.3) is 0 Å². The van der Waals surface area contributed by atoms with Crippen molar-refractivity contribution in [3.8, 4) is 11.5 Å². The molecule has 0 radical (unpaired) electrons. The zero-order valence-corrected chi connectivity index (χ0v) is 12.5. The molecule has 0 aromatic heterocycles. The Balaban J connectivity index is 2.30. The summed E-state index contributed by atoms with van der Waals surface area (Å²) in [4.78, 5) is 11.0. The van der Waals surface area contributed by atoms with Gasteiger partial charge in [0, 0.05) is 0 Å². The van der Waals surface area contributed by atoms with Crippen LogP contribution in [-0.4, -0.2) is 24.3 Å². The topological polar surface area (TPSA) is 55.8 Å². The van der Waals surface area contributed by atoms with Crippen molar-refractivity contribution in [1.82, 2.24) is 0 Å². The van der Waals surface area contributed by atoms with Crippen LogP contribution in [-0.2, 0) is 4.79 Å². The molecule has 1 N–H and O–H groups in total. The monoisotopic (exact) mass is 280 g/mol. The van der Waals surface area contributed by atoms with Crippen molar-refractivity contribution in [2.75, 3.05) is 13.2 Å². The quantitative estimate of drug-likeness (QED) is 0.700. The molecule has 1 rings (SSSR count). The Morgan fingerprint density at radius 3 is 2.05 bits per heavy atom. The number of carboxylic acids is 1. The predicted octanol–water partition coefficient (Wildman–Crippen LogP) is 3.75. The van der Waals surface area contributed by atoms with Crippen LogP contribution in [0.3, 0.4) is 0 Å². The van der Waals surface area contributed by atoms with Crippen molar-refractivity contribution in [1.29, 1.82) is 0 Å². The van der Waals surface area contributed by atoms with E-state index in [1.807, 2.05) is 24.3 Å². The SMILES string of the molecule is CCCOc1ccc(OCCCC(C)(C)C(=O)O)cc1. The second kappa shape index (κ2) is 7.78. The first-order chi connectivity index (χ1) is 9.45. The number of hydrogen-bond donors (Lipinski definition) is 1. The summed E-state index contributed by atoms with van der Waals surface area (Å²) in [6.45, 7) is 6.76. The van der Waals surface area contributed by atoms with Crippen LogP contribution in [0.4, 0.5) is 0 Å². The summed E-state index contributed by atoms with van der Waals surface area (Å²) in [5.41, 5.74) is -0.693. The van der Waals surface area contributed by atoms with Crippen LogP contribution >= 0.6 is 0 Å². The van der Waals surface area contributed by atoms with Gasteiger partial charge in [-0.2, -0.15) is 0 Å². The third kappa shape index (κ3) is 5.51. The molecule has 112 valence electrons. The van der Waals surface area contributed by atoms with Gasteiger partial charge in [0.05, 0.1) is 18.6 Å². The molecule has 0 aliphatic carbocycles. The molecule has 1 aromatic rings. The lowest BCUT2D eigenvalue weighted by molar-refractivity contribution is -0.147. The minimum atomic E-state index is -0.769. The molecule has 4 heteroatoms. The minimum Gasteiger partial charge on any atom is -0.494 e. The Morgan fingerprint density at radius 2 is 1.60 bits per heavy atom. The molecule has 1 aromatic carbocycles. The Kier molecular flexibility index (Phi) is 6.36. The summed E-state index contributed by atoms with van der Waals surface area (Å²) >= 11 is 0. The van der Waals surface area contributed by atoms with E-state index in [4.69, 9.17) is 14.6 Å². The van der Waals surface area contributed by atoms with Gasteiger partial charge >= 0.3 is 5.97 Å². The van der Waals surface area contributed by atoms with Gasteiger partial charge in [0.25, 0.3) is 0 Å². The highest BCUT2D eigenvalue weighted by molar-refractivity contribution is 5.73. The molecule has 0 fully saturated rings. The molecule has 0 saturated carbocycles. The minimum absolute atomic E-state index is 0.520. The van der Waals surface area contributed by atoms with Gasteiger partial charge in [-0.05, 0) is 57.4 Å². The van der Waals surface area contributed by atoms with Gasteiger partial charge in [0.1, 0.15) is 11.5 Å². The molecule has 0 atom stereocenters. The zero-order chi connectivity index (χ0) is 15.0. The Hall–Kier alpha value is -1.71. The summed E-state index contributed by atoms with van der Waals surface area (Å²) in [6, 6.07) is 7.50. The first-order valence-corrected chi connectivity index (χ1v) is 7.05. The van der Waals surface area contributed by atoms with Crippen molar-refractivity contribution >= 4 is 5.97 Å². The number of ether oxygens (including phenoxy) is 2. The Morgan fingerprint density at radius 1 is 1.10 bits per heavy atom. The highest BCUT2D eigenvalue weighted by Crippen LogP contribution is 2.23. The van der Waals surface area contributed by atoms with Crippen LogP contribution in [0.1, 0.15) is 40.0 Å². The highest BCUT2D eigenvalue weighted by atomic mass is 16.5. The zero-order valence-electron chi connectivity index (χ0n) is 12.5. The summed E-state index contributed by atoms with van der Waals surface area (Å²) in [5, 5.41) is 9.00. The molecule has 0 bridgehead atoms. The van der Waals surface area contributed by atoms with Crippen molar-refractivity contribution in [2.45, 2.75) is 40.0 Å². The van der Waals surface area contributed by atoms with Crippen LogP contribution in [0.15, 0.2) is 24.3 Å². The van der Waals surface area contributed by atoms with Gasteiger partial charge in [-0.3, -0.25) is 4.79 Å². The summed E-state index contributed by atoms with van der Waals surface area (Å²) < 4.78 is 11.1. The maximum Gasteiger partial charge on any atom is 0.309 e. The van der Waals surface area contributed by atoms with Crippen LogP contribution in [0.5, 0.6) is 11.5 Å². The van der Waals surface area contributed by atoms with E-state index in [0.717, 1.165) is 17.9 Å². The molecule has 0 saturated heterocycles. The fourth-order valence-corrected chi connectivity index (χ4v) is 1.66. The number of carbonyl (C=O) groups is 1. The van der Waals surface area contributed by atoms with E-state index in [-0.39, 0.29) is 0 Å². The second-order valence-corrected chi connectivity index (χ2v) is 5.46. The first kappa shape index (κ1) is 16.3. The third-order valence-electron chi connectivity index (χ3n) is 3.09. The van der Waals surface area contributed by atoms with E-state index in [0.29, 0.717) is 26.1 Å².